The van der Waals surface area contributed by atoms with Gasteiger partial charge in [0.05, 0.1) is 32.6 Å². The predicted molar refractivity (Wildman–Crippen MR) is 96.6 cm³/mol. The topological polar surface area (TPSA) is 58.5 Å². The molecular weight excluding hydrogens is 346 g/mol. The van der Waals surface area contributed by atoms with Crippen LogP contribution in [0.3, 0.4) is 0 Å². The SMILES string of the molecule is COc1ccc(OCCO/N=C\c2cc(Cl)c(OC)c(OC)c2)cc1. The maximum Gasteiger partial charge on any atom is 0.179 e. The fraction of sp³-hybridized carbons (Fsp3) is 0.278. The van der Waals surface area contributed by atoms with Crippen LogP contribution in [0.1, 0.15) is 5.56 Å². The molecule has 2 aromatic rings. The van der Waals surface area contributed by atoms with E-state index in [1.807, 2.05) is 24.3 Å². The van der Waals surface area contributed by atoms with Crippen LogP contribution in [0.4, 0.5) is 0 Å². The van der Waals surface area contributed by atoms with E-state index in [1.54, 1.807) is 32.6 Å². The summed E-state index contributed by atoms with van der Waals surface area (Å²) in [5, 5.41) is 4.33. The molecule has 0 spiro atoms. The van der Waals surface area contributed by atoms with Gasteiger partial charge in [-0.05, 0) is 36.4 Å². The van der Waals surface area contributed by atoms with E-state index in [0.717, 1.165) is 17.1 Å². The fourth-order valence-corrected chi connectivity index (χ4v) is 2.33. The molecule has 0 amide bonds. The lowest BCUT2D eigenvalue weighted by Crippen LogP contribution is -2.04. The minimum Gasteiger partial charge on any atom is -0.497 e. The second-order valence-electron chi connectivity index (χ2n) is 4.83. The van der Waals surface area contributed by atoms with Crippen molar-refractivity contribution in [1.82, 2.24) is 0 Å². The van der Waals surface area contributed by atoms with Gasteiger partial charge >= 0.3 is 0 Å². The molecule has 134 valence electrons. The third kappa shape index (κ3) is 5.46. The van der Waals surface area contributed by atoms with Crippen molar-refractivity contribution in [2.45, 2.75) is 0 Å². The van der Waals surface area contributed by atoms with Gasteiger partial charge in [-0.25, -0.2) is 0 Å². The van der Waals surface area contributed by atoms with Crippen LogP contribution in [0.25, 0.3) is 0 Å². The number of rotatable bonds is 9. The molecule has 0 N–H and O–H groups in total. The first-order valence-electron chi connectivity index (χ1n) is 7.51. The van der Waals surface area contributed by atoms with Crippen LogP contribution in [0.15, 0.2) is 41.6 Å². The van der Waals surface area contributed by atoms with Crippen LogP contribution in [-0.4, -0.2) is 40.8 Å². The van der Waals surface area contributed by atoms with Gasteiger partial charge in [0.1, 0.15) is 18.1 Å². The largest absolute Gasteiger partial charge is 0.497 e. The van der Waals surface area contributed by atoms with E-state index in [9.17, 15) is 0 Å². The average Bonchev–Trinajstić information content (AvgIpc) is 2.64. The number of methoxy groups -OCH3 is 3. The number of ether oxygens (including phenoxy) is 4. The van der Waals surface area contributed by atoms with E-state index in [1.165, 1.54) is 7.11 Å². The van der Waals surface area contributed by atoms with Crippen molar-refractivity contribution >= 4 is 17.8 Å². The van der Waals surface area contributed by atoms with Crippen LogP contribution in [-0.2, 0) is 4.84 Å². The molecule has 0 aromatic heterocycles. The standard InChI is InChI=1S/C18H20ClNO5/c1-21-14-4-6-15(7-5-14)24-8-9-25-20-12-13-10-16(19)18(23-3)17(11-13)22-2/h4-7,10-12H,8-9H2,1-3H3/b20-12-. The molecular formula is C18H20ClNO5. The summed E-state index contributed by atoms with van der Waals surface area (Å²) in [5.41, 5.74) is 0.735. The molecule has 7 heteroatoms. The lowest BCUT2D eigenvalue weighted by molar-refractivity contribution is 0.108. The van der Waals surface area contributed by atoms with Gasteiger partial charge in [0.15, 0.2) is 18.1 Å². The number of benzene rings is 2. The summed E-state index contributed by atoms with van der Waals surface area (Å²) in [6.45, 7) is 0.680. The van der Waals surface area contributed by atoms with Gasteiger partial charge in [-0.15, -0.1) is 0 Å². The number of hydrogen-bond donors (Lipinski definition) is 0. The van der Waals surface area contributed by atoms with Gasteiger partial charge in [-0.2, -0.15) is 0 Å². The molecule has 2 aromatic carbocycles. The summed E-state index contributed by atoms with van der Waals surface area (Å²) in [6, 6.07) is 10.8. The Morgan fingerprint density at radius 2 is 1.64 bits per heavy atom. The van der Waals surface area contributed by atoms with E-state index in [4.69, 9.17) is 35.4 Å². The minimum absolute atomic E-state index is 0.309. The molecule has 0 saturated heterocycles. The highest BCUT2D eigenvalue weighted by Crippen LogP contribution is 2.35. The van der Waals surface area contributed by atoms with Crippen LogP contribution >= 0.6 is 11.6 Å². The summed E-state index contributed by atoms with van der Waals surface area (Å²) in [5.74, 6) is 2.52. The highest BCUT2D eigenvalue weighted by atomic mass is 35.5. The molecule has 0 atom stereocenters. The lowest BCUT2D eigenvalue weighted by atomic mass is 10.2. The molecule has 0 fully saturated rings. The predicted octanol–water partition coefficient (Wildman–Crippen LogP) is 3.80. The van der Waals surface area contributed by atoms with Crippen molar-refractivity contribution in [3.63, 3.8) is 0 Å². The van der Waals surface area contributed by atoms with E-state index in [0.29, 0.717) is 29.7 Å². The Balaban J connectivity index is 1.80. The molecule has 25 heavy (non-hydrogen) atoms. The Kier molecular flexibility index (Phi) is 7.22. The van der Waals surface area contributed by atoms with Gasteiger partial charge in [-0.1, -0.05) is 16.8 Å². The minimum atomic E-state index is 0.309. The molecule has 0 saturated carbocycles. The lowest BCUT2D eigenvalue weighted by Gasteiger charge is -2.09. The zero-order valence-corrected chi connectivity index (χ0v) is 15.1. The van der Waals surface area contributed by atoms with Crippen LogP contribution < -0.4 is 18.9 Å². The van der Waals surface area contributed by atoms with Gasteiger partial charge < -0.3 is 23.8 Å². The van der Waals surface area contributed by atoms with Gasteiger partial charge in [0.25, 0.3) is 0 Å². The van der Waals surface area contributed by atoms with Crippen LogP contribution in [0, 0.1) is 0 Å². The normalized spacial score (nSPS) is 10.6. The van der Waals surface area contributed by atoms with Crippen molar-refractivity contribution in [3.8, 4) is 23.0 Å². The first-order valence-corrected chi connectivity index (χ1v) is 7.89. The molecule has 0 aliphatic heterocycles. The van der Waals surface area contributed by atoms with Crippen molar-refractivity contribution in [2.24, 2.45) is 5.16 Å². The Hall–Kier alpha value is -2.60. The summed E-state index contributed by atoms with van der Waals surface area (Å²) in [6.07, 6.45) is 1.54. The van der Waals surface area contributed by atoms with Gasteiger partial charge in [-0.3, -0.25) is 0 Å². The second-order valence-corrected chi connectivity index (χ2v) is 5.24. The smallest absolute Gasteiger partial charge is 0.179 e. The number of hydrogen-bond acceptors (Lipinski definition) is 6. The zero-order valence-electron chi connectivity index (χ0n) is 14.3. The summed E-state index contributed by atoms with van der Waals surface area (Å²) >= 11 is 6.13. The highest BCUT2D eigenvalue weighted by Gasteiger charge is 2.09. The van der Waals surface area contributed by atoms with E-state index in [-0.39, 0.29) is 0 Å². The van der Waals surface area contributed by atoms with Gasteiger partial charge in [0.2, 0.25) is 0 Å². The molecule has 0 aliphatic rings. The Morgan fingerprint density at radius 3 is 2.28 bits per heavy atom. The molecule has 0 bridgehead atoms. The third-order valence-corrected chi connectivity index (χ3v) is 3.52. The Bertz CT molecular complexity index is 703. The summed E-state index contributed by atoms with van der Waals surface area (Å²) < 4.78 is 21.0. The maximum atomic E-state index is 6.13. The Morgan fingerprint density at radius 1 is 0.920 bits per heavy atom. The third-order valence-electron chi connectivity index (χ3n) is 3.23. The fourth-order valence-electron chi connectivity index (χ4n) is 2.03. The van der Waals surface area contributed by atoms with Crippen LogP contribution in [0.2, 0.25) is 5.02 Å². The molecule has 0 unspecified atom stereocenters. The molecule has 0 radical (unpaired) electrons. The summed E-state index contributed by atoms with van der Waals surface area (Å²) in [4.78, 5) is 5.18. The zero-order chi connectivity index (χ0) is 18.1. The first kappa shape index (κ1) is 18.7. The van der Waals surface area contributed by atoms with Crippen molar-refractivity contribution < 1.29 is 23.8 Å². The monoisotopic (exact) mass is 365 g/mol. The quantitative estimate of drug-likeness (QED) is 0.384. The molecule has 0 heterocycles. The van der Waals surface area contributed by atoms with Crippen LogP contribution in [0.5, 0.6) is 23.0 Å². The molecule has 0 aliphatic carbocycles. The summed E-state index contributed by atoms with van der Waals surface area (Å²) in [7, 11) is 4.69. The molecule has 2 rings (SSSR count). The number of nitrogens with zero attached hydrogens (tertiary/aromatic N) is 1. The van der Waals surface area contributed by atoms with E-state index >= 15 is 0 Å². The van der Waals surface area contributed by atoms with Crippen molar-refractivity contribution in [2.75, 3.05) is 34.5 Å². The second kappa shape index (κ2) is 9.64. The molecule has 6 nitrogen and oxygen atoms in total. The van der Waals surface area contributed by atoms with Crippen molar-refractivity contribution in [3.05, 3.63) is 47.0 Å². The van der Waals surface area contributed by atoms with E-state index in [2.05, 4.69) is 5.16 Å². The number of halogens is 1. The Labute approximate surface area is 151 Å². The van der Waals surface area contributed by atoms with Crippen molar-refractivity contribution in [1.29, 1.82) is 0 Å². The average molecular weight is 366 g/mol. The van der Waals surface area contributed by atoms with Gasteiger partial charge in [0, 0.05) is 5.56 Å². The maximum absolute atomic E-state index is 6.13. The first-order chi connectivity index (χ1) is 12.2. The van der Waals surface area contributed by atoms with E-state index < -0.39 is 0 Å². The highest BCUT2D eigenvalue weighted by molar-refractivity contribution is 6.32. The number of oxime groups is 1.